The van der Waals surface area contributed by atoms with Crippen molar-refractivity contribution in [3.63, 3.8) is 0 Å². The van der Waals surface area contributed by atoms with Crippen LogP contribution in [0.2, 0.25) is 0 Å². The second kappa shape index (κ2) is 7.04. The average molecular weight is 345 g/mol. The Hall–Kier alpha value is -1.89. The number of carboxylic acids is 1. The SMILES string of the molecule is C=CCN(CC(=O)O)C(=O)Nc1cc(Br)c(F)cc1C. The molecule has 20 heavy (non-hydrogen) atoms. The number of carbonyl (C=O) groups excluding carboxylic acids is 1. The van der Waals surface area contributed by atoms with Crippen LogP contribution in [0.1, 0.15) is 5.56 Å². The molecule has 0 unspecified atom stereocenters. The molecule has 0 aliphatic carbocycles. The van der Waals surface area contributed by atoms with Crippen LogP contribution < -0.4 is 5.32 Å². The summed E-state index contributed by atoms with van der Waals surface area (Å²) in [7, 11) is 0. The third-order valence-electron chi connectivity index (χ3n) is 2.47. The molecule has 0 saturated carbocycles. The first-order chi connectivity index (χ1) is 9.35. The van der Waals surface area contributed by atoms with Crippen LogP contribution in [0, 0.1) is 12.7 Å². The molecular weight excluding hydrogens is 331 g/mol. The number of benzene rings is 1. The predicted octanol–water partition coefficient (Wildman–Crippen LogP) is 3.00. The molecule has 5 nitrogen and oxygen atoms in total. The molecule has 0 saturated heterocycles. The van der Waals surface area contributed by atoms with E-state index in [2.05, 4.69) is 27.8 Å². The summed E-state index contributed by atoms with van der Waals surface area (Å²) >= 11 is 3.03. The standard InChI is InChI=1S/C13H14BrFN2O3/c1-3-4-17(7-12(18)19)13(20)16-11-6-9(14)10(15)5-8(11)2/h3,5-6H,1,4,7H2,2H3,(H,16,20)(H,18,19). The summed E-state index contributed by atoms with van der Waals surface area (Å²) in [5.41, 5.74) is 0.940. The van der Waals surface area contributed by atoms with E-state index >= 15 is 0 Å². The van der Waals surface area contributed by atoms with Crippen molar-refractivity contribution in [1.82, 2.24) is 4.90 Å². The Kier molecular flexibility index (Phi) is 5.69. The van der Waals surface area contributed by atoms with Crippen LogP contribution in [0.15, 0.2) is 29.3 Å². The molecule has 108 valence electrons. The van der Waals surface area contributed by atoms with E-state index < -0.39 is 24.4 Å². The zero-order chi connectivity index (χ0) is 15.3. The van der Waals surface area contributed by atoms with Gasteiger partial charge in [-0.25, -0.2) is 9.18 Å². The highest BCUT2D eigenvalue weighted by atomic mass is 79.9. The van der Waals surface area contributed by atoms with Gasteiger partial charge in [-0.15, -0.1) is 6.58 Å². The zero-order valence-corrected chi connectivity index (χ0v) is 12.4. The lowest BCUT2D eigenvalue weighted by molar-refractivity contribution is -0.137. The van der Waals surface area contributed by atoms with Crippen molar-refractivity contribution in [1.29, 1.82) is 0 Å². The maximum absolute atomic E-state index is 13.3. The maximum atomic E-state index is 13.3. The van der Waals surface area contributed by atoms with E-state index in [1.807, 2.05) is 0 Å². The van der Waals surface area contributed by atoms with E-state index in [0.29, 0.717) is 11.3 Å². The molecule has 1 rings (SSSR count). The Morgan fingerprint density at radius 2 is 2.20 bits per heavy atom. The van der Waals surface area contributed by atoms with Crippen LogP contribution in [-0.2, 0) is 4.79 Å². The van der Waals surface area contributed by atoms with Crippen LogP contribution in [0.25, 0.3) is 0 Å². The van der Waals surface area contributed by atoms with E-state index in [1.165, 1.54) is 18.2 Å². The molecule has 0 bridgehead atoms. The number of anilines is 1. The van der Waals surface area contributed by atoms with E-state index in [-0.39, 0.29) is 11.0 Å². The van der Waals surface area contributed by atoms with Crippen molar-refractivity contribution in [2.24, 2.45) is 0 Å². The normalized spacial score (nSPS) is 9.95. The van der Waals surface area contributed by atoms with Gasteiger partial charge in [0.05, 0.1) is 4.47 Å². The molecule has 1 aromatic carbocycles. The van der Waals surface area contributed by atoms with Gasteiger partial charge in [0.15, 0.2) is 0 Å². The number of carboxylic acid groups (broad SMARTS) is 1. The molecule has 0 aliphatic rings. The summed E-state index contributed by atoms with van der Waals surface area (Å²) in [4.78, 5) is 23.8. The summed E-state index contributed by atoms with van der Waals surface area (Å²) in [6.45, 7) is 4.76. The molecule has 7 heteroatoms. The smallest absolute Gasteiger partial charge is 0.323 e. The Morgan fingerprint density at radius 1 is 1.55 bits per heavy atom. The van der Waals surface area contributed by atoms with Crippen LogP contribution >= 0.6 is 15.9 Å². The molecule has 0 fully saturated rings. The van der Waals surface area contributed by atoms with Gasteiger partial charge in [0.2, 0.25) is 0 Å². The lowest BCUT2D eigenvalue weighted by atomic mass is 10.2. The fraction of sp³-hybridized carbons (Fsp3) is 0.231. The van der Waals surface area contributed by atoms with Crippen molar-refractivity contribution in [3.05, 3.63) is 40.6 Å². The van der Waals surface area contributed by atoms with E-state index in [9.17, 15) is 14.0 Å². The largest absolute Gasteiger partial charge is 0.480 e. The summed E-state index contributed by atoms with van der Waals surface area (Å²) in [5, 5.41) is 11.3. The highest BCUT2D eigenvalue weighted by Gasteiger charge is 2.17. The third kappa shape index (κ3) is 4.34. The molecule has 2 N–H and O–H groups in total. The number of urea groups is 1. The number of nitrogens with zero attached hydrogens (tertiary/aromatic N) is 1. The minimum atomic E-state index is -1.13. The van der Waals surface area contributed by atoms with Crippen molar-refractivity contribution in [2.45, 2.75) is 6.92 Å². The average Bonchev–Trinajstić information content (AvgIpc) is 2.34. The molecule has 0 spiro atoms. The van der Waals surface area contributed by atoms with Gasteiger partial charge in [0.25, 0.3) is 0 Å². The number of rotatable bonds is 5. The van der Waals surface area contributed by atoms with Crippen molar-refractivity contribution >= 4 is 33.6 Å². The first-order valence-corrected chi connectivity index (χ1v) is 6.48. The Balaban J connectivity index is 2.90. The highest BCUT2D eigenvalue weighted by molar-refractivity contribution is 9.10. The van der Waals surface area contributed by atoms with Crippen LogP contribution in [-0.4, -0.2) is 35.1 Å². The molecular formula is C13H14BrFN2O3. The minimum Gasteiger partial charge on any atom is -0.480 e. The quantitative estimate of drug-likeness (QED) is 0.806. The second-order valence-electron chi connectivity index (χ2n) is 4.07. The van der Waals surface area contributed by atoms with Gasteiger partial charge >= 0.3 is 12.0 Å². The molecule has 0 aromatic heterocycles. The fourth-order valence-electron chi connectivity index (χ4n) is 1.51. The number of aryl methyl sites for hydroxylation is 1. The van der Waals surface area contributed by atoms with Gasteiger partial charge in [-0.1, -0.05) is 6.08 Å². The van der Waals surface area contributed by atoms with Gasteiger partial charge in [-0.3, -0.25) is 4.79 Å². The van der Waals surface area contributed by atoms with E-state index in [0.717, 1.165) is 4.90 Å². The topological polar surface area (TPSA) is 69.6 Å². The molecule has 0 atom stereocenters. The molecule has 0 aliphatic heterocycles. The monoisotopic (exact) mass is 344 g/mol. The molecule has 2 amide bonds. The summed E-state index contributed by atoms with van der Waals surface area (Å²) < 4.78 is 13.5. The third-order valence-corrected chi connectivity index (χ3v) is 3.08. The van der Waals surface area contributed by atoms with Gasteiger partial charge in [-0.05, 0) is 40.5 Å². The Morgan fingerprint density at radius 3 is 2.75 bits per heavy atom. The van der Waals surface area contributed by atoms with Gasteiger partial charge < -0.3 is 15.3 Å². The van der Waals surface area contributed by atoms with Crippen molar-refractivity contribution in [2.75, 3.05) is 18.4 Å². The Bertz CT molecular complexity index is 549. The number of amides is 2. The van der Waals surface area contributed by atoms with E-state index in [1.54, 1.807) is 6.92 Å². The first-order valence-electron chi connectivity index (χ1n) is 5.69. The Labute approximate surface area is 124 Å². The number of hydrogen-bond donors (Lipinski definition) is 2. The van der Waals surface area contributed by atoms with Crippen LogP contribution in [0.4, 0.5) is 14.9 Å². The zero-order valence-electron chi connectivity index (χ0n) is 10.8. The fourth-order valence-corrected chi connectivity index (χ4v) is 1.86. The second-order valence-corrected chi connectivity index (χ2v) is 4.93. The lowest BCUT2D eigenvalue weighted by Gasteiger charge is -2.20. The molecule has 1 aromatic rings. The van der Waals surface area contributed by atoms with Crippen molar-refractivity contribution < 1.29 is 19.1 Å². The number of halogens is 2. The summed E-state index contributed by atoms with van der Waals surface area (Å²) in [5.74, 6) is -1.56. The lowest BCUT2D eigenvalue weighted by Crippen LogP contribution is -2.39. The highest BCUT2D eigenvalue weighted by Crippen LogP contribution is 2.24. The van der Waals surface area contributed by atoms with Gasteiger partial charge in [-0.2, -0.15) is 0 Å². The van der Waals surface area contributed by atoms with Crippen LogP contribution in [0.3, 0.4) is 0 Å². The number of hydrogen-bond acceptors (Lipinski definition) is 2. The summed E-state index contributed by atoms with van der Waals surface area (Å²) in [6, 6.07) is 2.11. The van der Waals surface area contributed by atoms with Crippen molar-refractivity contribution in [3.8, 4) is 0 Å². The van der Waals surface area contributed by atoms with Gasteiger partial charge in [0.1, 0.15) is 12.4 Å². The minimum absolute atomic E-state index is 0.0968. The molecule has 0 radical (unpaired) electrons. The van der Waals surface area contributed by atoms with Crippen LogP contribution in [0.5, 0.6) is 0 Å². The number of aliphatic carboxylic acids is 1. The number of nitrogens with one attached hydrogen (secondary N) is 1. The maximum Gasteiger partial charge on any atom is 0.323 e. The first kappa shape index (κ1) is 16.2. The summed E-state index contributed by atoms with van der Waals surface area (Å²) in [6.07, 6.45) is 1.43. The molecule has 0 heterocycles. The van der Waals surface area contributed by atoms with Gasteiger partial charge in [0, 0.05) is 12.2 Å². The predicted molar refractivity (Wildman–Crippen MR) is 77.3 cm³/mol. The van der Waals surface area contributed by atoms with E-state index in [4.69, 9.17) is 5.11 Å². The number of carbonyl (C=O) groups is 2.